The summed E-state index contributed by atoms with van der Waals surface area (Å²) < 4.78 is 15.3. The summed E-state index contributed by atoms with van der Waals surface area (Å²) in [5.74, 6) is -0.814. The number of benzene rings is 1. The number of amides is 2. The second-order valence-electron chi connectivity index (χ2n) is 6.25. The van der Waals surface area contributed by atoms with Crippen molar-refractivity contribution < 1.29 is 28.6 Å². The van der Waals surface area contributed by atoms with Gasteiger partial charge in [0.2, 0.25) is 6.23 Å². The number of piperidine rings is 1. The Labute approximate surface area is 151 Å². The molecular formula is C18H22N2O6. The Morgan fingerprint density at radius 1 is 1.19 bits per heavy atom. The van der Waals surface area contributed by atoms with Gasteiger partial charge in [0.1, 0.15) is 13.2 Å². The number of nitrogens with zero attached hydrogens (tertiary/aromatic N) is 2. The first-order valence-corrected chi connectivity index (χ1v) is 8.56. The third-order valence-electron chi connectivity index (χ3n) is 4.63. The van der Waals surface area contributed by atoms with Gasteiger partial charge in [-0.25, -0.2) is 9.59 Å². The van der Waals surface area contributed by atoms with Crippen LogP contribution in [0.25, 0.3) is 0 Å². The second-order valence-corrected chi connectivity index (χ2v) is 6.25. The molecule has 2 fully saturated rings. The molecule has 1 unspecified atom stereocenters. The van der Waals surface area contributed by atoms with E-state index >= 15 is 0 Å². The standard InChI is InChI=1S/C18H22N2O6/c1-24-17(22)16-20(15(21)12-25-16)14-7-9-19(10-8-14)18(23)26-11-13-5-3-2-4-6-13/h2-6,14,16H,7-12H2,1H3. The fourth-order valence-corrected chi connectivity index (χ4v) is 3.25. The predicted octanol–water partition coefficient (Wildman–Crippen LogP) is 1.15. The third kappa shape index (κ3) is 3.96. The summed E-state index contributed by atoms with van der Waals surface area (Å²) in [4.78, 5) is 39.1. The molecule has 26 heavy (non-hydrogen) atoms. The first-order valence-electron chi connectivity index (χ1n) is 8.56. The molecule has 0 N–H and O–H groups in total. The van der Waals surface area contributed by atoms with Crippen LogP contribution in [-0.4, -0.2) is 66.8 Å². The number of ether oxygens (including phenoxy) is 3. The van der Waals surface area contributed by atoms with Gasteiger partial charge in [0.25, 0.3) is 5.91 Å². The number of carbonyl (C=O) groups is 3. The summed E-state index contributed by atoms with van der Waals surface area (Å²) in [5.41, 5.74) is 0.927. The van der Waals surface area contributed by atoms with Crippen LogP contribution >= 0.6 is 0 Å². The Bertz CT molecular complexity index is 657. The van der Waals surface area contributed by atoms with E-state index in [1.54, 1.807) is 4.90 Å². The van der Waals surface area contributed by atoms with Crippen molar-refractivity contribution in [2.45, 2.75) is 31.7 Å². The van der Waals surface area contributed by atoms with Crippen LogP contribution in [0.15, 0.2) is 30.3 Å². The minimum absolute atomic E-state index is 0.126. The normalized spacial score (nSPS) is 21.0. The summed E-state index contributed by atoms with van der Waals surface area (Å²) in [6.07, 6.45) is -0.249. The van der Waals surface area contributed by atoms with E-state index < -0.39 is 12.2 Å². The number of hydrogen-bond acceptors (Lipinski definition) is 6. The van der Waals surface area contributed by atoms with Crippen molar-refractivity contribution in [3.8, 4) is 0 Å². The molecule has 2 saturated heterocycles. The van der Waals surface area contributed by atoms with Gasteiger partial charge in [0, 0.05) is 19.1 Å². The van der Waals surface area contributed by atoms with E-state index in [0.717, 1.165) is 5.56 Å². The first kappa shape index (κ1) is 18.2. The quantitative estimate of drug-likeness (QED) is 0.747. The predicted molar refractivity (Wildman–Crippen MR) is 89.8 cm³/mol. The van der Waals surface area contributed by atoms with Crippen molar-refractivity contribution in [2.24, 2.45) is 0 Å². The molecule has 2 heterocycles. The van der Waals surface area contributed by atoms with Crippen LogP contribution in [0.5, 0.6) is 0 Å². The molecule has 0 radical (unpaired) electrons. The minimum atomic E-state index is -0.992. The molecule has 1 atom stereocenters. The molecule has 1 aromatic rings. The van der Waals surface area contributed by atoms with E-state index in [2.05, 4.69) is 0 Å². The highest BCUT2D eigenvalue weighted by Crippen LogP contribution is 2.24. The van der Waals surface area contributed by atoms with Gasteiger partial charge < -0.3 is 24.0 Å². The van der Waals surface area contributed by atoms with Crippen LogP contribution < -0.4 is 0 Å². The van der Waals surface area contributed by atoms with E-state index in [1.807, 2.05) is 30.3 Å². The number of esters is 1. The van der Waals surface area contributed by atoms with Crippen molar-refractivity contribution in [1.82, 2.24) is 9.80 Å². The highest BCUT2D eigenvalue weighted by Gasteiger charge is 2.43. The first-order chi connectivity index (χ1) is 12.6. The van der Waals surface area contributed by atoms with Crippen LogP contribution in [-0.2, 0) is 30.4 Å². The van der Waals surface area contributed by atoms with Gasteiger partial charge in [-0.1, -0.05) is 30.3 Å². The van der Waals surface area contributed by atoms with Crippen LogP contribution in [0.1, 0.15) is 18.4 Å². The van der Waals surface area contributed by atoms with Gasteiger partial charge in [-0.2, -0.15) is 0 Å². The van der Waals surface area contributed by atoms with E-state index in [4.69, 9.17) is 14.2 Å². The molecule has 8 heteroatoms. The Kier molecular flexibility index (Phi) is 5.72. The number of likely N-dealkylation sites (tertiary alicyclic amines) is 1. The van der Waals surface area contributed by atoms with Crippen molar-refractivity contribution in [3.63, 3.8) is 0 Å². The second kappa shape index (κ2) is 8.18. The van der Waals surface area contributed by atoms with Gasteiger partial charge in [0.05, 0.1) is 7.11 Å². The zero-order valence-corrected chi connectivity index (χ0v) is 14.6. The summed E-state index contributed by atoms with van der Waals surface area (Å²) in [7, 11) is 1.26. The van der Waals surface area contributed by atoms with Crippen LogP contribution in [0.3, 0.4) is 0 Å². The zero-order valence-electron chi connectivity index (χ0n) is 14.6. The van der Waals surface area contributed by atoms with Crippen LogP contribution in [0, 0.1) is 0 Å². The highest BCUT2D eigenvalue weighted by molar-refractivity contribution is 5.87. The van der Waals surface area contributed by atoms with Crippen LogP contribution in [0.4, 0.5) is 4.79 Å². The molecular weight excluding hydrogens is 340 g/mol. The van der Waals surface area contributed by atoms with Gasteiger partial charge in [-0.05, 0) is 18.4 Å². The van der Waals surface area contributed by atoms with Gasteiger partial charge >= 0.3 is 12.1 Å². The molecule has 2 amide bonds. The molecule has 3 rings (SSSR count). The fourth-order valence-electron chi connectivity index (χ4n) is 3.25. The third-order valence-corrected chi connectivity index (χ3v) is 4.63. The van der Waals surface area contributed by atoms with Crippen molar-refractivity contribution in [2.75, 3.05) is 26.8 Å². The number of carbonyl (C=O) groups excluding carboxylic acids is 3. The summed E-state index contributed by atoms with van der Waals surface area (Å²) in [5, 5.41) is 0. The molecule has 0 aromatic heterocycles. The Balaban J connectivity index is 1.51. The lowest BCUT2D eigenvalue weighted by Gasteiger charge is -2.37. The number of methoxy groups -OCH3 is 1. The lowest BCUT2D eigenvalue weighted by molar-refractivity contribution is -0.162. The lowest BCUT2D eigenvalue weighted by atomic mass is 10.0. The summed E-state index contributed by atoms with van der Waals surface area (Å²) in [6.45, 7) is 1.01. The minimum Gasteiger partial charge on any atom is -0.466 e. The van der Waals surface area contributed by atoms with Gasteiger partial charge in [-0.3, -0.25) is 4.79 Å². The smallest absolute Gasteiger partial charge is 0.410 e. The highest BCUT2D eigenvalue weighted by atomic mass is 16.6. The Morgan fingerprint density at radius 3 is 2.54 bits per heavy atom. The van der Waals surface area contributed by atoms with Crippen LogP contribution in [0.2, 0.25) is 0 Å². The van der Waals surface area contributed by atoms with E-state index in [9.17, 15) is 14.4 Å². The lowest BCUT2D eigenvalue weighted by Crippen LogP contribution is -2.52. The van der Waals surface area contributed by atoms with Crippen molar-refractivity contribution in [1.29, 1.82) is 0 Å². The van der Waals surface area contributed by atoms with Gasteiger partial charge in [0.15, 0.2) is 0 Å². The summed E-state index contributed by atoms with van der Waals surface area (Å²) >= 11 is 0. The largest absolute Gasteiger partial charge is 0.466 e. The topological polar surface area (TPSA) is 85.4 Å². The van der Waals surface area contributed by atoms with Crippen molar-refractivity contribution in [3.05, 3.63) is 35.9 Å². The zero-order chi connectivity index (χ0) is 18.5. The van der Waals surface area contributed by atoms with E-state index in [1.165, 1.54) is 12.0 Å². The molecule has 140 valence electrons. The maximum absolute atomic E-state index is 12.2. The molecule has 0 bridgehead atoms. The maximum atomic E-state index is 12.2. The average Bonchev–Trinajstić information content (AvgIpc) is 3.08. The molecule has 0 saturated carbocycles. The van der Waals surface area contributed by atoms with Gasteiger partial charge in [-0.15, -0.1) is 0 Å². The SMILES string of the molecule is COC(=O)C1OCC(=O)N1C1CCN(C(=O)OCc2ccccc2)CC1. The Morgan fingerprint density at radius 2 is 1.88 bits per heavy atom. The van der Waals surface area contributed by atoms with E-state index in [-0.39, 0.29) is 31.3 Å². The number of hydrogen-bond donors (Lipinski definition) is 0. The molecule has 8 nitrogen and oxygen atoms in total. The monoisotopic (exact) mass is 362 g/mol. The molecule has 0 spiro atoms. The van der Waals surface area contributed by atoms with Crippen molar-refractivity contribution >= 4 is 18.0 Å². The number of rotatable bonds is 4. The Hall–Kier alpha value is -2.61. The maximum Gasteiger partial charge on any atom is 0.410 e. The van der Waals surface area contributed by atoms with E-state index in [0.29, 0.717) is 25.9 Å². The molecule has 0 aliphatic carbocycles. The average molecular weight is 362 g/mol. The fraction of sp³-hybridized carbons (Fsp3) is 0.500. The molecule has 2 aliphatic heterocycles. The molecule has 2 aliphatic rings. The molecule has 1 aromatic carbocycles. The summed E-state index contributed by atoms with van der Waals surface area (Å²) in [6, 6.07) is 9.31.